The second-order valence-corrected chi connectivity index (χ2v) is 7.45. The van der Waals surface area contributed by atoms with Gasteiger partial charge in [-0.25, -0.2) is 4.79 Å². The zero-order chi connectivity index (χ0) is 19.9. The molecule has 0 saturated heterocycles. The maximum atomic E-state index is 12.4. The third-order valence-corrected chi connectivity index (χ3v) is 5.31. The summed E-state index contributed by atoms with van der Waals surface area (Å²) >= 11 is 7.60. The fraction of sp³-hybridized carbons (Fsp3) is 0.0909. The van der Waals surface area contributed by atoms with Crippen LogP contribution in [0.4, 0.5) is 5.69 Å². The van der Waals surface area contributed by atoms with Crippen molar-refractivity contribution in [3.8, 4) is 0 Å². The van der Waals surface area contributed by atoms with Crippen LogP contribution in [0.25, 0.3) is 0 Å². The van der Waals surface area contributed by atoms with Crippen molar-refractivity contribution in [3.63, 3.8) is 0 Å². The number of carbonyl (C=O) groups is 2. The van der Waals surface area contributed by atoms with Crippen LogP contribution in [0.5, 0.6) is 0 Å². The van der Waals surface area contributed by atoms with Crippen molar-refractivity contribution in [1.29, 1.82) is 0 Å². The quantitative estimate of drug-likeness (QED) is 0.419. The average molecular weight is 412 g/mol. The number of halogens is 1. The minimum atomic E-state index is -0.446. The molecule has 3 rings (SSSR count). The normalized spacial score (nSPS) is 10.4. The lowest BCUT2D eigenvalue weighted by atomic mass is 10.1. The van der Waals surface area contributed by atoms with Crippen LogP contribution in [0.2, 0.25) is 5.02 Å². The Morgan fingerprint density at radius 2 is 1.68 bits per heavy atom. The average Bonchev–Trinajstić information content (AvgIpc) is 2.73. The molecule has 3 aromatic carbocycles. The van der Waals surface area contributed by atoms with E-state index in [4.69, 9.17) is 16.3 Å². The van der Waals surface area contributed by atoms with Gasteiger partial charge in [-0.3, -0.25) is 4.79 Å². The SMILES string of the molecule is COC(=O)c1cccc(NC(=O)c2ccc(CSc3ccc(Cl)cc3)cc2)c1. The number of rotatable bonds is 6. The Morgan fingerprint density at radius 1 is 0.964 bits per heavy atom. The van der Waals surface area contributed by atoms with E-state index >= 15 is 0 Å². The van der Waals surface area contributed by atoms with Crippen LogP contribution >= 0.6 is 23.4 Å². The molecule has 0 saturated carbocycles. The number of hydrogen-bond acceptors (Lipinski definition) is 4. The number of methoxy groups -OCH3 is 1. The number of anilines is 1. The van der Waals surface area contributed by atoms with Crippen LogP contribution in [0.15, 0.2) is 77.7 Å². The van der Waals surface area contributed by atoms with Crippen LogP contribution in [-0.2, 0) is 10.5 Å². The number of benzene rings is 3. The van der Waals surface area contributed by atoms with E-state index < -0.39 is 5.97 Å². The van der Waals surface area contributed by atoms with E-state index in [-0.39, 0.29) is 5.91 Å². The van der Waals surface area contributed by atoms with Crippen LogP contribution in [-0.4, -0.2) is 19.0 Å². The Labute approximate surface area is 172 Å². The molecule has 0 atom stereocenters. The third-order valence-electron chi connectivity index (χ3n) is 3.98. The van der Waals surface area contributed by atoms with Gasteiger partial charge in [-0.15, -0.1) is 11.8 Å². The minimum absolute atomic E-state index is 0.237. The van der Waals surface area contributed by atoms with E-state index in [1.807, 2.05) is 36.4 Å². The maximum Gasteiger partial charge on any atom is 0.337 e. The van der Waals surface area contributed by atoms with Crippen molar-refractivity contribution in [2.45, 2.75) is 10.6 Å². The molecule has 3 aromatic rings. The topological polar surface area (TPSA) is 55.4 Å². The standard InChI is InChI=1S/C22H18ClNO3S/c1-27-22(26)17-3-2-4-19(13-17)24-21(25)16-7-5-15(6-8-16)14-28-20-11-9-18(23)10-12-20/h2-13H,14H2,1H3,(H,24,25). The predicted octanol–water partition coefficient (Wildman–Crippen LogP) is 5.67. The lowest BCUT2D eigenvalue weighted by molar-refractivity contribution is 0.0600. The van der Waals surface area contributed by atoms with Crippen molar-refractivity contribution in [1.82, 2.24) is 0 Å². The maximum absolute atomic E-state index is 12.4. The number of esters is 1. The molecule has 0 aliphatic heterocycles. The van der Waals surface area contributed by atoms with Gasteiger partial charge in [0.05, 0.1) is 12.7 Å². The first kappa shape index (κ1) is 20.0. The summed E-state index contributed by atoms with van der Waals surface area (Å²) in [5.41, 5.74) is 2.58. The van der Waals surface area contributed by atoms with Gasteiger partial charge in [-0.1, -0.05) is 29.8 Å². The second kappa shape index (κ2) is 9.44. The van der Waals surface area contributed by atoms with Crippen LogP contribution in [0.1, 0.15) is 26.3 Å². The summed E-state index contributed by atoms with van der Waals surface area (Å²) in [6.07, 6.45) is 0. The number of ether oxygens (including phenoxy) is 1. The van der Waals surface area contributed by atoms with Gasteiger partial charge < -0.3 is 10.1 Å². The van der Waals surface area contributed by atoms with Crippen molar-refractivity contribution >= 4 is 40.9 Å². The Kier molecular flexibility index (Phi) is 6.74. The van der Waals surface area contributed by atoms with E-state index in [0.717, 1.165) is 21.2 Å². The van der Waals surface area contributed by atoms with Gasteiger partial charge in [0.15, 0.2) is 0 Å². The molecule has 1 amide bonds. The number of nitrogens with one attached hydrogen (secondary N) is 1. The van der Waals surface area contributed by atoms with Crippen LogP contribution in [0.3, 0.4) is 0 Å². The van der Waals surface area contributed by atoms with Gasteiger partial charge in [0.2, 0.25) is 0 Å². The first-order chi connectivity index (χ1) is 13.5. The monoisotopic (exact) mass is 411 g/mol. The summed E-state index contributed by atoms with van der Waals surface area (Å²) in [7, 11) is 1.32. The smallest absolute Gasteiger partial charge is 0.337 e. The molecular formula is C22H18ClNO3S. The van der Waals surface area contributed by atoms with Gasteiger partial charge in [0.25, 0.3) is 5.91 Å². The zero-order valence-electron chi connectivity index (χ0n) is 15.1. The van der Waals surface area contributed by atoms with Crippen LogP contribution in [0, 0.1) is 0 Å². The van der Waals surface area contributed by atoms with Crippen molar-refractivity contribution in [2.75, 3.05) is 12.4 Å². The van der Waals surface area contributed by atoms with Gasteiger partial charge >= 0.3 is 5.97 Å². The van der Waals surface area contributed by atoms with Crippen LogP contribution < -0.4 is 5.32 Å². The number of amides is 1. The summed E-state index contributed by atoms with van der Waals surface area (Å²) in [6, 6.07) is 21.8. The van der Waals surface area contributed by atoms with Gasteiger partial charge in [-0.05, 0) is 60.2 Å². The Bertz CT molecular complexity index is 972. The molecule has 0 fully saturated rings. The fourth-order valence-electron chi connectivity index (χ4n) is 2.49. The molecule has 4 nitrogen and oxygen atoms in total. The second-order valence-electron chi connectivity index (χ2n) is 5.97. The summed E-state index contributed by atoms with van der Waals surface area (Å²) in [5.74, 6) is 0.114. The predicted molar refractivity (Wildman–Crippen MR) is 113 cm³/mol. The molecule has 6 heteroatoms. The number of carbonyl (C=O) groups excluding carboxylic acids is 2. The minimum Gasteiger partial charge on any atom is -0.465 e. The van der Waals surface area contributed by atoms with E-state index in [1.54, 1.807) is 48.2 Å². The molecule has 0 aliphatic rings. The number of thioether (sulfide) groups is 1. The highest BCUT2D eigenvalue weighted by Crippen LogP contribution is 2.24. The summed E-state index contributed by atoms with van der Waals surface area (Å²) < 4.78 is 4.69. The lowest BCUT2D eigenvalue weighted by Gasteiger charge is -2.08. The largest absolute Gasteiger partial charge is 0.465 e. The van der Waals surface area contributed by atoms with E-state index in [9.17, 15) is 9.59 Å². The third kappa shape index (κ3) is 5.38. The highest BCUT2D eigenvalue weighted by molar-refractivity contribution is 7.98. The first-order valence-electron chi connectivity index (χ1n) is 8.52. The summed E-state index contributed by atoms with van der Waals surface area (Å²) in [5, 5.41) is 3.52. The van der Waals surface area contributed by atoms with E-state index in [2.05, 4.69) is 5.32 Å². The highest BCUT2D eigenvalue weighted by atomic mass is 35.5. The van der Waals surface area contributed by atoms with Crippen molar-refractivity contribution < 1.29 is 14.3 Å². The summed E-state index contributed by atoms with van der Waals surface area (Å²) in [6.45, 7) is 0. The molecule has 0 aromatic heterocycles. The highest BCUT2D eigenvalue weighted by Gasteiger charge is 2.09. The van der Waals surface area contributed by atoms with E-state index in [0.29, 0.717) is 16.8 Å². The van der Waals surface area contributed by atoms with Gasteiger partial charge in [-0.2, -0.15) is 0 Å². The molecule has 0 radical (unpaired) electrons. The molecular weight excluding hydrogens is 394 g/mol. The molecule has 0 spiro atoms. The van der Waals surface area contributed by atoms with Gasteiger partial charge in [0, 0.05) is 26.9 Å². The lowest BCUT2D eigenvalue weighted by Crippen LogP contribution is -2.12. The Hall–Kier alpha value is -2.76. The molecule has 0 aliphatic carbocycles. The molecule has 0 heterocycles. The Balaban J connectivity index is 1.60. The summed E-state index contributed by atoms with van der Waals surface area (Å²) in [4.78, 5) is 25.2. The molecule has 0 unspecified atom stereocenters. The van der Waals surface area contributed by atoms with E-state index in [1.165, 1.54) is 7.11 Å². The fourth-order valence-corrected chi connectivity index (χ4v) is 3.48. The molecule has 1 N–H and O–H groups in total. The first-order valence-corrected chi connectivity index (χ1v) is 9.88. The Morgan fingerprint density at radius 3 is 2.36 bits per heavy atom. The number of hydrogen-bond donors (Lipinski definition) is 1. The van der Waals surface area contributed by atoms with Gasteiger partial charge in [0.1, 0.15) is 0 Å². The zero-order valence-corrected chi connectivity index (χ0v) is 16.7. The van der Waals surface area contributed by atoms with Crippen molar-refractivity contribution in [2.24, 2.45) is 0 Å². The molecule has 28 heavy (non-hydrogen) atoms. The molecule has 0 bridgehead atoms. The van der Waals surface area contributed by atoms with Crippen molar-refractivity contribution in [3.05, 3.63) is 94.5 Å². The molecule has 142 valence electrons.